The molecule has 4 aromatic rings. The van der Waals surface area contributed by atoms with Crippen LogP contribution in [0.3, 0.4) is 0 Å². The maximum absolute atomic E-state index is 14.1. The van der Waals surface area contributed by atoms with Crippen molar-refractivity contribution in [3.8, 4) is 11.3 Å². The normalized spacial score (nSPS) is 18.6. The van der Waals surface area contributed by atoms with Gasteiger partial charge < -0.3 is 25.6 Å². The molecule has 0 bridgehead atoms. The smallest absolute Gasteiger partial charge is 0.328 e. The number of hydrogen-bond acceptors (Lipinski definition) is 4. The number of aromatic nitrogens is 1. The van der Waals surface area contributed by atoms with E-state index in [0.717, 1.165) is 48.2 Å². The van der Waals surface area contributed by atoms with Gasteiger partial charge in [0.1, 0.15) is 5.54 Å². The fraction of sp³-hybridized carbons (Fsp3) is 0.366. The Balaban J connectivity index is 1.24. The first-order valence-corrected chi connectivity index (χ1v) is 17.9. The fourth-order valence-electron chi connectivity index (χ4n) is 8.43. The van der Waals surface area contributed by atoms with Crippen molar-refractivity contribution in [3.63, 3.8) is 0 Å². The Morgan fingerprint density at radius 1 is 0.900 bits per heavy atom. The van der Waals surface area contributed by atoms with E-state index >= 15 is 0 Å². The fourth-order valence-corrected chi connectivity index (χ4v) is 8.43. The number of carboxylic acid groups (broad SMARTS) is 1. The van der Waals surface area contributed by atoms with E-state index in [-0.39, 0.29) is 23.6 Å². The molecule has 0 saturated heterocycles. The number of anilines is 1. The summed E-state index contributed by atoms with van der Waals surface area (Å²) in [6, 6.07) is 21.3. The molecule has 1 unspecified atom stereocenters. The number of hydrogen-bond donors (Lipinski definition) is 4. The Hall–Kier alpha value is -5.18. The van der Waals surface area contributed by atoms with Gasteiger partial charge in [-0.05, 0) is 85.1 Å². The van der Waals surface area contributed by atoms with Crippen LogP contribution in [0.4, 0.5) is 5.69 Å². The van der Waals surface area contributed by atoms with E-state index in [1.807, 2.05) is 18.2 Å². The molecule has 2 aliphatic carbocycles. The van der Waals surface area contributed by atoms with Crippen molar-refractivity contribution in [2.75, 3.05) is 12.4 Å². The SMILES string of the molecule is CNC(=O)C1Cc2ccccc2-c2c(C3CCCCC3)c3ccc(C(=O)NC4(C(=O)Nc5ccc(C=CC(=O)O)cc5)CCCC4)cc3n2C1. The lowest BCUT2D eigenvalue weighted by molar-refractivity contribution is -0.131. The van der Waals surface area contributed by atoms with Crippen molar-refractivity contribution in [3.05, 3.63) is 95.1 Å². The number of aliphatic carboxylic acids is 1. The predicted octanol–water partition coefficient (Wildman–Crippen LogP) is 7.05. The lowest BCUT2D eigenvalue weighted by Crippen LogP contribution is -2.55. The zero-order valence-electron chi connectivity index (χ0n) is 28.5. The van der Waals surface area contributed by atoms with Gasteiger partial charge in [-0.3, -0.25) is 14.4 Å². The van der Waals surface area contributed by atoms with Crippen LogP contribution in [0.25, 0.3) is 28.2 Å². The Labute approximate surface area is 292 Å². The van der Waals surface area contributed by atoms with Gasteiger partial charge in [-0.2, -0.15) is 0 Å². The molecule has 9 heteroatoms. The number of carbonyl (C=O) groups is 4. The van der Waals surface area contributed by atoms with E-state index in [1.54, 1.807) is 31.3 Å². The van der Waals surface area contributed by atoms with E-state index in [9.17, 15) is 19.2 Å². The third-order valence-corrected chi connectivity index (χ3v) is 11.0. The summed E-state index contributed by atoms with van der Waals surface area (Å²) in [6.45, 7) is 0.509. The van der Waals surface area contributed by atoms with Crippen LogP contribution in [0, 0.1) is 5.92 Å². The summed E-state index contributed by atoms with van der Waals surface area (Å²) in [6.07, 6.45) is 11.8. The van der Waals surface area contributed by atoms with Gasteiger partial charge in [0.15, 0.2) is 0 Å². The molecule has 2 heterocycles. The van der Waals surface area contributed by atoms with Gasteiger partial charge in [0, 0.05) is 47.4 Å². The second-order valence-electron chi connectivity index (χ2n) is 14.1. The molecule has 0 radical (unpaired) electrons. The number of nitrogens with zero attached hydrogens (tertiary/aromatic N) is 1. The highest BCUT2D eigenvalue weighted by Crippen LogP contribution is 2.47. The molecule has 2 fully saturated rings. The van der Waals surface area contributed by atoms with E-state index in [1.165, 1.54) is 42.2 Å². The Morgan fingerprint density at radius 2 is 1.64 bits per heavy atom. The Kier molecular flexibility index (Phi) is 9.31. The summed E-state index contributed by atoms with van der Waals surface area (Å²) >= 11 is 0. The summed E-state index contributed by atoms with van der Waals surface area (Å²) in [7, 11) is 1.69. The number of carboxylic acids is 1. The van der Waals surface area contributed by atoms with Crippen LogP contribution in [0.15, 0.2) is 72.8 Å². The summed E-state index contributed by atoms with van der Waals surface area (Å²) in [5, 5.41) is 19.0. The van der Waals surface area contributed by atoms with Crippen molar-refractivity contribution in [2.24, 2.45) is 5.92 Å². The Morgan fingerprint density at radius 3 is 2.36 bits per heavy atom. The van der Waals surface area contributed by atoms with Crippen LogP contribution in [0.1, 0.15) is 90.8 Å². The molecule has 1 aliphatic heterocycles. The van der Waals surface area contributed by atoms with E-state index in [4.69, 9.17) is 5.11 Å². The molecule has 3 aliphatic rings. The maximum Gasteiger partial charge on any atom is 0.328 e. The second kappa shape index (κ2) is 14.0. The first kappa shape index (κ1) is 33.3. The Bertz CT molecular complexity index is 1980. The molecule has 3 aromatic carbocycles. The number of benzene rings is 3. The molecule has 9 nitrogen and oxygen atoms in total. The average molecular weight is 673 g/mol. The van der Waals surface area contributed by atoms with Gasteiger partial charge >= 0.3 is 5.97 Å². The van der Waals surface area contributed by atoms with Crippen LogP contribution in [0.2, 0.25) is 0 Å². The summed E-state index contributed by atoms with van der Waals surface area (Å²) in [5.74, 6) is -1.45. The lowest BCUT2D eigenvalue weighted by atomic mass is 9.81. The zero-order valence-corrected chi connectivity index (χ0v) is 28.5. The van der Waals surface area contributed by atoms with Gasteiger partial charge in [-0.15, -0.1) is 0 Å². The second-order valence-corrected chi connectivity index (χ2v) is 14.1. The third-order valence-electron chi connectivity index (χ3n) is 11.0. The van der Waals surface area contributed by atoms with Crippen molar-refractivity contribution in [2.45, 2.75) is 82.2 Å². The minimum absolute atomic E-state index is 0.00294. The lowest BCUT2D eigenvalue weighted by Gasteiger charge is -2.29. The van der Waals surface area contributed by atoms with E-state index in [2.05, 4.69) is 44.8 Å². The standard InChI is InChI=1S/C41H44N4O5/c1-42-38(48)30-23-28-11-5-6-12-32(28)37-36(27-9-3-2-4-10-27)33-19-16-29(24-34(33)45(37)25-30)39(49)44-41(21-7-8-22-41)40(50)43-31-17-13-26(14-18-31)15-20-35(46)47/h5-6,11-20,24,27,30H,2-4,7-10,21-23,25H2,1H3,(H,42,48)(H,43,50)(H,44,49)(H,46,47). The number of amides is 3. The molecule has 258 valence electrons. The van der Waals surface area contributed by atoms with Crippen molar-refractivity contribution < 1.29 is 24.3 Å². The van der Waals surface area contributed by atoms with Crippen LogP contribution >= 0.6 is 0 Å². The molecule has 1 aromatic heterocycles. The molecule has 4 N–H and O–H groups in total. The monoisotopic (exact) mass is 672 g/mol. The van der Waals surface area contributed by atoms with Crippen molar-refractivity contribution >= 4 is 46.4 Å². The molecule has 50 heavy (non-hydrogen) atoms. The largest absolute Gasteiger partial charge is 0.478 e. The first-order chi connectivity index (χ1) is 24.3. The van der Waals surface area contributed by atoms with Crippen molar-refractivity contribution in [1.29, 1.82) is 0 Å². The first-order valence-electron chi connectivity index (χ1n) is 17.9. The van der Waals surface area contributed by atoms with Crippen LogP contribution in [-0.2, 0) is 27.3 Å². The number of fused-ring (bicyclic) bond motifs is 5. The van der Waals surface area contributed by atoms with E-state index in [0.29, 0.717) is 48.5 Å². The molecular weight excluding hydrogens is 628 g/mol. The number of nitrogens with one attached hydrogen (secondary N) is 3. The van der Waals surface area contributed by atoms with Gasteiger partial charge in [0.25, 0.3) is 5.91 Å². The van der Waals surface area contributed by atoms with Crippen LogP contribution in [0.5, 0.6) is 0 Å². The zero-order chi connectivity index (χ0) is 34.8. The average Bonchev–Trinajstić information content (AvgIpc) is 3.69. The highest BCUT2D eigenvalue weighted by molar-refractivity contribution is 6.06. The minimum Gasteiger partial charge on any atom is -0.478 e. The molecule has 3 amide bonds. The third kappa shape index (κ3) is 6.44. The summed E-state index contributed by atoms with van der Waals surface area (Å²) in [5.41, 5.74) is 6.46. The van der Waals surface area contributed by atoms with Crippen LogP contribution in [-0.4, -0.2) is 46.0 Å². The number of rotatable bonds is 8. The van der Waals surface area contributed by atoms with Gasteiger partial charge in [-0.1, -0.05) is 74.6 Å². The topological polar surface area (TPSA) is 130 Å². The summed E-state index contributed by atoms with van der Waals surface area (Å²) < 4.78 is 2.29. The minimum atomic E-state index is -1.06. The molecule has 7 rings (SSSR count). The highest BCUT2D eigenvalue weighted by atomic mass is 16.4. The number of carbonyl (C=O) groups excluding carboxylic acids is 3. The molecular formula is C41H44N4O5. The highest BCUT2D eigenvalue weighted by Gasteiger charge is 2.43. The van der Waals surface area contributed by atoms with Gasteiger partial charge in [-0.25, -0.2) is 4.79 Å². The van der Waals surface area contributed by atoms with Crippen molar-refractivity contribution in [1.82, 2.24) is 15.2 Å². The molecule has 2 saturated carbocycles. The molecule has 1 atom stereocenters. The summed E-state index contributed by atoms with van der Waals surface area (Å²) in [4.78, 5) is 52.0. The van der Waals surface area contributed by atoms with Gasteiger partial charge in [0.05, 0.1) is 11.6 Å². The van der Waals surface area contributed by atoms with Gasteiger partial charge in [0.2, 0.25) is 11.8 Å². The van der Waals surface area contributed by atoms with E-state index < -0.39 is 11.5 Å². The maximum atomic E-state index is 14.1. The molecule has 0 spiro atoms. The van der Waals surface area contributed by atoms with Crippen LogP contribution < -0.4 is 16.0 Å². The quantitative estimate of drug-likeness (QED) is 0.149. The predicted molar refractivity (Wildman–Crippen MR) is 195 cm³/mol.